The van der Waals surface area contributed by atoms with Crippen LogP contribution >= 0.6 is 0 Å². The average molecular weight is 277 g/mol. The number of hydrogen-bond donors (Lipinski definition) is 1. The van der Waals surface area contributed by atoms with Gasteiger partial charge in [-0.3, -0.25) is 0 Å². The van der Waals surface area contributed by atoms with E-state index >= 15 is 0 Å². The fourth-order valence-corrected chi connectivity index (χ4v) is 5.24. The normalized spacial score (nSPS) is 13.7. The third kappa shape index (κ3) is 8.21. The van der Waals surface area contributed by atoms with Crippen molar-refractivity contribution in [2.75, 3.05) is 6.54 Å². The predicted molar refractivity (Wildman–Crippen MR) is 77.5 cm³/mol. The summed E-state index contributed by atoms with van der Waals surface area (Å²) in [4.78, 5) is 0. The molecule has 0 heterocycles. The van der Waals surface area contributed by atoms with Crippen molar-refractivity contribution in [2.24, 2.45) is 5.73 Å². The fourth-order valence-electron chi connectivity index (χ4n) is 1.75. The molecule has 0 saturated heterocycles. The lowest BCUT2D eigenvalue weighted by Crippen LogP contribution is -2.53. The maximum absolute atomic E-state index is 6.19. The second-order valence-corrected chi connectivity index (χ2v) is 8.66. The Morgan fingerprint density at radius 1 is 1.00 bits per heavy atom. The molecule has 5 heteroatoms. The van der Waals surface area contributed by atoms with E-state index in [4.69, 9.17) is 19.0 Å². The zero-order valence-electron chi connectivity index (χ0n) is 13.1. The van der Waals surface area contributed by atoms with Crippen LogP contribution in [0.4, 0.5) is 0 Å². The van der Waals surface area contributed by atoms with Crippen LogP contribution in [0.5, 0.6) is 0 Å². The molecule has 0 amide bonds. The number of nitrogens with two attached hydrogens (primary N) is 1. The second-order valence-electron chi connectivity index (χ2n) is 6.12. The maximum atomic E-state index is 6.19. The van der Waals surface area contributed by atoms with Gasteiger partial charge in [-0.1, -0.05) is 0 Å². The molecule has 0 rings (SSSR count). The van der Waals surface area contributed by atoms with Crippen molar-refractivity contribution in [3.05, 3.63) is 0 Å². The van der Waals surface area contributed by atoms with Gasteiger partial charge >= 0.3 is 8.80 Å². The van der Waals surface area contributed by atoms with Crippen molar-refractivity contribution in [3.63, 3.8) is 0 Å². The minimum absolute atomic E-state index is 0.0931. The highest BCUT2D eigenvalue weighted by Crippen LogP contribution is 2.27. The lowest BCUT2D eigenvalue weighted by Gasteiger charge is -2.38. The summed E-state index contributed by atoms with van der Waals surface area (Å²) >= 11 is 0. The monoisotopic (exact) mass is 277 g/mol. The van der Waals surface area contributed by atoms with Crippen LogP contribution in [0.1, 0.15) is 54.9 Å². The molecule has 0 aliphatic carbocycles. The van der Waals surface area contributed by atoms with Crippen molar-refractivity contribution in [2.45, 2.75) is 78.7 Å². The van der Waals surface area contributed by atoms with Crippen LogP contribution in [0.15, 0.2) is 0 Å². The summed E-state index contributed by atoms with van der Waals surface area (Å²) in [6, 6.07) is 0.775. The van der Waals surface area contributed by atoms with Gasteiger partial charge in [-0.05, 0) is 61.4 Å². The molecule has 0 aromatic rings. The summed E-state index contributed by atoms with van der Waals surface area (Å²) in [5.41, 5.74) is 5.34. The molecule has 4 nitrogen and oxygen atoms in total. The van der Waals surface area contributed by atoms with Gasteiger partial charge in [-0.2, -0.15) is 0 Å². The third-order valence-electron chi connectivity index (χ3n) is 1.98. The van der Waals surface area contributed by atoms with Gasteiger partial charge in [0.15, 0.2) is 0 Å². The summed E-state index contributed by atoms with van der Waals surface area (Å²) in [6.07, 6.45) is 1.05. The molecular formula is C13H31NO3Si. The zero-order chi connectivity index (χ0) is 14.4. The van der Waals surface area contributed by atoms with E-state index in [1.807, 2.05) is 48.5 Å². The maximum Gasteiger partial charge on any atom is 0.501 e. The van der Waals surface area contributed by atoms with E-state index in [2.05, 4.69) is 0 Å². The van der Waals surface area contributed by atoms with Gasteiger partial charge in [-0.25, -0.2) is 0 Å². The summed E-state index contributed by atoms with van der Waals surface area (Å²) in [5, 5.41) is 0. The van der Waals surface area contributed by atoms with Crippen molar-refractivity contribution in [1.29, 1.82) is 0 Å². The van der Waals surface area contributed by atoms with Crippen molar-refractivity contribution < 1.29 is 13.3 Å². The first-order valence-electron chi connectivity index (χ1n) is 6.86. The van der Waals surface area contributed by atoms with Crippen LogP contribution in [-0.2, 0) is 13.3 Å². The topological polar surface area (TPSA) is 53.7 Å². The molecule has 0 bridgehead atoms. The van der Waals surface area contributed by atoms with E-state index in [0.717, 1.165) is 12.5 Å². The molecule has 2 N–H and O–H groups in total. The highest BCUT2D eigenvalue weighted by atomic mass is 28.4. The quantitative estimate of drug-likeness (QED) is 0.693. The Hall–Kier alpha value is 0.0569. The van der Waals surface area contributed by atoms with Crippen LogP contribution in [0.25, 0.3) is 0 Å². The summed E-state index contributed by atoms with van der Waals surface area (Å²) in [6.45, 7) is 14.8. The minimum atomic E-state index is -2.66. The fraction of sp³-hybridized carbons (Fsp3) is 1.00. The molecule has 18 heavy (non-hydrogen) atoms. The number of hydrogen-bond acceptors (Lipinski definition) is 4. The van der Waals surface area contributed by atoms with Crippen LogP contribution in [0, 0.1) is 0 Å². The Kier molecular flexibility index (Phi) is 7.62. The lowest BCUT2D eigenvalue weighted by molar-refractivity contribution is -0.0298. The van der Waals surface area contributed by atoms with Gasteiger partial charge in [0.1, 0.15) is 0 Å². The van der Waals surface area contributed by atoms with Crippen molar-refractivity contribution in [1.82, 2.24) is 0 Å². The van der Waals surface area contributed by atoms with Crippen LogP contribution in [-0.4, -0.2) is 33.2 Å². The van der Waals surface area contributed by atoms with Crippen LogP contribution in [0.2, 0.25) is 6.04 Å². The Bertz CT molecular complexity index is 217. The van der Waals surface area contributed by atoms with Gasteiger partial charge in [0.2, 0.25) is 0 Å². The molecule has 0 aromatic heterocycles. The first-order valence-corrected chi connectivity index (χ1v) is 8.79. The molecule has 0 spiro atoms. The minimum Gasteiger partial charge on any atom is -0.371 e. The highest BCUT2D eigenvalue weighted by Gasteiger charge is 2.45. The van der Waals surface area contributed by atoms with Crippen LogP contribution in [0.3, 0.4) is 0 Å². The largest absolute Gasteiger partial charge is 0.501 e. The Morgan fingerprint density at radius 3 is 1.72 bits per heavy atom. The third-order valence-corrected chi connectivity index (χ3v) is 5.53. The highest BCUT2D eigenvalue weighted by molar-refractivity contribution is 6.60. The summed E-state index contributed by atoms with van der Waals surface area (Å²) in [7, 11) is -2.66. The Balaban J connectivity index is 4.97. The molecule has 0 fully saturated rings. The Labute approximate surface area is 114 Å². The SMILES string of the molecule is CC(C)O[Si](CCCN)(OC(C)C)OC(C)(C)C. The van der Waals surface area contributed by atoms with Gasteiger partial charge in [0.25, 0.3) is 0 Å². The predicted octanol–water partition coefficient (Wildman–Crippen LogP) is 2.94. The first kappa shape index (κ1) is 18.1. The van der Waals surface area contributed by atoms with E-state index in [0.29, 0.717) is 6.54 Å². The first-order chi connectivity index (χ1) is 8.10. The van der Waals surface area contributed by atoms with Gasteiger partial charge < -0.3 is 19.0 Å². The van der Waals surface area contributed by atoms with Crippen molar-refractivity contribution >= 4 is 8.80 Å². The van der Waals surface area contributed by atoms with Gasteiger partial charge in [-0.15, -0.1) is 0 Å². The molecule has 0 aliphatic heterocycles. The lowest BCUT2D eigenvalue weighted by atomic mass is 10.2. The van der Waals surface area contributed by atoms with Gasteiger partial charge in [0, 0.05) is 18.3 Å². The molecule has 0 aliphatic rings. The van der Waals surface area contributed by atoms with E-state index in [1.54, 1.807) is 0 Å². The molecule has 0 radical (unpaired) electrons. The van der Waals surface area contributed by atoms with Gasteiger partial charge in [0.05, 0.1) is 5.60 Å². The molecule has 0 aromatic carbocycles. The summed E-state index contributed by atoms with van der Waals surface area (Å²) < 4.78 is 18.3. The summed E-state index contributed by atoms with van der Waals surface area (Å²) in [5.74, 6) is 0. The standard InChI is InChI=1S/C13H31NO3Si/c1-11(2)15-18(10-8-9-14,16-12(3)4)17-13(5,6)7/h11-12H,8-10,14H2,1-7H3. The smallest absolute Gasteiger partial charge is 0.371 e. The van der Waals surface area contributed by atoms with Crippen molar-refractivity contribution in [3.8, 4) is 0 Å². The molecular weight excluding hydrogens is 246 g/mol. The molecule has 0 unspecified atom stereocenters. The van der Waals surface area contributed by atoms with E-state index in [9.17, 15) is 0 Å². The van der Waals surface area contributed by atoms with E-state index < -0.39 is 8.80 Å². The Morgan fingerprint density at radius 2 is 1.44 bits per heavy atom. The molecule has 0 saturated carbocycles. The molecule has 110 valence electrons. The van der Waals surface area contributed by atoms with E-state index in [-0.39, 0.29) is 17.8 Å². The number of rotatable bonds is 8. The second kappa shape index (κ2) is 7.60. The average Bonchev–Trinajstić information content (AvgIpc) is 2.09. The van der Waals surface area contributed by atoms with E-state index in [1.165, 1.54) is 0 Å². The zero-order valence-corrected chi connectivity index (χ0v) is 14.1. The molecule has 0 atom stereocenters. The van der Waals surface area contributed by atoms with Crippen LogP contribution < -0.4 is 5.73 Å².